The van der Waals surface area contributed by atoms with Gasteiger partial charge in [-0.1, -0.05) is 37.2 Å². The largest absolute Gasteiger partial charge is 0.378 e. The Morgan fingerprint density at radius 1 is 1.10 bits per heavy atom. The molecule has 0 aliphatic carbocycles. The van der Waals surface area contributed by atoms with Crippen LogP contribution in [0.5, 0.6) is 0 Å². The van der Waals surface area contributed by atoms with Gasteiger partial charge in [0, 0.05) is 25.5 Å². The third-order valence-electron chi connectivity index (χ3n) is 4.44. The Hall–Kier alpha value is -2.87. The number of aromatic nitrogens is 4. The number of nitrogens with one attached hydrogen (secondary N) is 1. The molecular weight excluding hydrogens is 384 g/mol. The van der Waals surface area contributed by atoms with Crippen LogP contribution in [0.25, 0.3) is 5.69 Å². The quantitative estimate of drug-likeness (QED) is 0.541. The summed E-state index contributed by atoms with van der Waals surface area (Å²) in [5.41, 5.74) is 4.04. The molecule has 7 nitrogen and oxygen atoms in total. The Kier molecular flexibility index (Phi) is 7.24. The summed E-state index contributed by atoms with van der Waals surface area (Å²) in [4.78, 5) is 14.3. The van der Waals surface area contributed by atoms with E-state index in [-0.39, 0.29) is 11.7 Å². The number of carbonyl (C=O) groups excluding carboxylic acids is 1. The van der Waals surface area contributed by atoms with E-state index in [1.54, 1.807) is 4.68 Å². The van der Waals surface area contributed by atoms with Crippen LogP contribution in [0, 0.1) is 0 Å². The maximum absolute atomic E-state index is 12.3. The van der Waals surface area contributed by atoms with Crippen LogP contribution in [-0.2, 0) is 11.2 Å². The summed E-state index contributed by atoms with van der Waals surface area (Å²) in [7, 11) is 3.96. The van der Waals surface area contributed by atoms with Crippen LogP contribution in [0.3, 0.4) is 0 Å². The van der Waals surface area contributed by atoms with Crippen LogP contribution in [0.15, 0.2) is 53.7 Å². The molecule has 1 N–H and O–H groups in total. The first-order chi connectivity index (χ1) is 14.1. The third kappa shape index (κ3) is 5.80. The lowest BCUT2D eigenvalue weighted by atomic mass is 10.1. The molecule has 0 spiro atoms. The van der Waals surface area contributed by atoms with Crippen molar-refractivity contribution in [3.63, 3.8) is 0 Å². The number of tetrazole rings is 1. The number of amides is 1. The van der Waals surface area contributed by atoms with E-state index in [4.69, 9.17) is 0 Å². The number of carbonyl (C=O) groups is 1. The molecule has 29 heavy (non-hydrogen) atoms. The van der Waals surface area contributed by atoms with Crippen LogP contribution in [0.2, 0.25) is 0 Å². The first kappa shape index (κ1) is 20.9. The monoisotopic (exact) mass is 410 g/mol. The lowest BCUT2D eigenvalue weighted by molar-refractivity contribution is -0.113. The van der Waals surface area contributed by atoms with Gasteiger partial charge in [0.25, 0.3) is 0 Å². The summed E-state index contributed by atoms with van der Waals surface area (Å²) < 4.78 is 1.66. The molecule has 0 bridgehead atoms. The average molecular weight is 411 g/mol. The zero-order valence-corrected chi connectivity index (χ0v) is 17.8. The van der Waals surface area contributed by atoms with Gasteiger partial charge in [-0.15, -0.1) is 5.10 Å². The number of thioether (sulfide) groups is 1. The van der Waals surface area contributed by atoms with Gasteiger partial charge in [0.05, 0.1) is 11.4 Å². The second kappa shape index (κ2) is 10.1. The van der Waals surface area contributed by atoms with Crippen molar-refractivity contribution in [2.45, 2.75) is 31.3 Å². The number of hydrogen-bond acceptors (Lipinski definition) is 6. The molecule has 1 heterocycles. The predicted molar refractivity (Wildman–Crippen MR) is 118 cm³/mol. The molecule has 0 fully saturated rings. The maximum atomic E-state index is 12.3. The molecule has 3 aromatic rings. The van der Waals surface area contributed by atoms with Crippen molar-refractivity contribution in [2.24, 2.45) is 0 Å². The normalized spacial score (nSPS) is 10.7. The minimum Gasteiger partial charge on any atom is -0.378 e. The summed E-state index contributed by atoms with van der Waals surface area (Å²) in [6, 6.07) is 15.9. The van der Waals surface area contributed by atoms with Crippen molar-refractivity contribution < 1.29 is 4.79 Å². The third-order valence-corrected chi connectivity index (χ3v) is 5.36. The zero-order valence-electron chi connectivity index (χ0n) is 17.0. The van der Waals surface area contributed by atoms with Gasteiger partial charge in [-0.25, -0.2) is 0 Å². The molecule has 0 saturated carbocycles. The Bertz CT molecular complexity index is 921. The molecule has 1 amide bonds. The van der Waals surface area contributed by atoms with Crippen LogP contribution in [0.1, 0.15) is 25.3 Å². The predicted octanol–water partition coefficient (Wildman–Crippen LogP) is 3.80. The van der Waals surface area contributed by atoms with Crippen molar-refractivity contribution in [3.8, 4) is 5.69 Å². The summed E-state index contributed by atoms with van der Waals surface area (Å²) in [6.07, 6.45) is 3.43. The lowest BCUT2D eigenvalue weighted by Gasteiger charge is -2.13. The second-order valence-electron chi connectivity index (χ2n) is 6.92. The highest BCUT2D eigenvalue weighted by Gasteiger charge is 2.12. The second-order valence-corrected chi connectivity index (χ2v) is 7.86. The molecule has 0 saturated heterocycles. The molecule has 0 radical (unpaired) electrons. The maximum Gasteiger partial charge on any atom is 0.234 e. The fourth-order valence-electron chi connectivity index (χ4n) is 2.79. The number of nitrogens with zero attached hydrogens (tertiary/aromatic N) is 5. The van der Waals surface area contributed by atoms with Crippen molar-refractivity contribution in [1.29, 1.82) is 0 Å². The van der Waals surface area contributed by atoms with Gasteiger partial charge in [-0.3, -0.25) is 4.79 Å². The van der Waals surface area contributed by atoms with Crippen molar-refractivity contribution >= 4 is 29.0 Å². The Morgan fingerprint density at radius 2 is 1.83 bits per heavy atom. The summed E-state index contributed by atoms with van der Waals surface area (Å²) in [5, 5.41) is 15.4. The van der Waals surface area contributed by atoms with Crippen LogP contribution in [-0.4, -0.2) is 46.0 Å². The van der Waals surface area contributed by atoms with E-state index in [2.05, 4.69) is 39.9 Å². The van der Waals surface area contributed by atoms with Gasteiger partial charge in [-0.05, 0) is 65.2 Å². The van der Waals surface area contributed by atoms with Crippen LogP contribution in [0.4, 0.5) is 11.4 Å². The fraction of sp³-hybridized carbons (Fsp3) is 0.333. The van der Waals surface area contributed by atoms with E-state index in [0.29, 0.717) is 5.16 Å². The Morgan fingerprint density at radius 3 is 2.48 bits per heavy atom. The van der Waals surface area contributed by atoms with Crippen molar-refractivity contribution in [1.82, 2.24) is 20.2 Å². The van der Waals surface area contributed by atoms with Gasteiger partial charge in [0.1, 0.15) is 0 Å². The molecule has 3 rings (SSSR count). The van der Waals surface area contributed by atoms with E-state index in [9.17, 15) is 4.79 Å². The number of anilines is 2. The van der Waals surface area contributed by atoms with Crippen LogP contribution >= 0.6 is 11.8 Å². The van der Waals surface area contributed by atoms with E-state index in [0.717, 1.165) is 23.5 Å². The molecule has 0 aliphatic rings. The molecular formula is C21H26N6OS. The fourth-order valence-corrected chi connectivity index (χ4v) is 3.48. The first-order valence-corrected chi connectivity index (χ1v) is 10.6. The zero-order chi connectivity index (χ0) is 20.6. The number of benzene rings is 2. The molecule has 2 aromatic carbocycles. The summed E-state index contributed by atoms with van der Waals surface area (Å²) in [6.45, 7) is 2.19. The number of aryl methyl sites for hydroxylation is 1. The molecule has 152 valence electrons. The highest BCUT2D eigenvalue weighted by molar-refractivity contribution is 7.99. The SMILES string of the molecule is CCCCc1ccc(-n2nnnc2SCC(=O)Nc2ccc(N(C)C)cc2)cc1. The number of hydrogen-bond donors (Lipinski definition) is 1. The highest BCUT2D eigenvalue weighted by atomic mass is 32.2. The number of rotatable bonds is 9. The smallest absolute Gasteiger partial charge is 0.234 e. The molecule has 0 unspecified atom stereocenters. The Labute approximate surface area is 175 Å². The van der Waals surface area contributed by atoms with E-state index in [1.807, 2.05) is 55.4 Å². The van der Waals surface area contributed by atoms with E-state index >= 15 is 0 Å². The molecule has 1 aromatic heterocycles. The van der Waals surface area contributed by atoms with Crippen molar-refractivity contribution in [3.05, 3.63) is 54.1 Å². The minimum atomic E-state index is -0.0999. The highest BCUT2D eigenvalue weighted by Crippen LogP contribution is 2.20. The standard InChI is InChI=1S/C21H26N6OS/c1-4-5-6-16-7-11-19(12-8-16)27-21(23-24-25-27)29-15-20(28)22-17-9-13-18(14-10-17)26(2)3/h7-14H,4-6,15H2,1-3H3,(H,22,28). The van der Waals surface area contributed by atoms with Crippen LogP contribution < -0.4 is 10.2 Å². The van der Waals surface area contributed by atoms with Gasteiger partial charge < -0.3 is 10.2 Å². The first-order valence-electron chi connectivity index (χ1n) is 9.64. The molecule has 0 aliphatic heterocycles. The topological polar surface area (TPSA) is 75.9 Å². The van der Waals surface area contributed by atoms with Gasteiger partial charge in [-0.2, -0.15) is 4.68 Å². The van der Waals surface area contributed by atoms with Crippen molar-refractivity contribution in [2.75, 3.05) is 30.1 Å². The summed E-state index contributed by atoms with van der Waals surface area (Å²) >= 11 is 1.31. The van der Waals surface area contributed by atoms with Gasteiger partial charge >= 0.3 is 0 Å². The van der Waals surface area contributed by atoms with E-state index < -0.39 is 0 Å². The summed E-state index contributed by atoms with van der Waals surface area (Å²) in [5.74, 6) is 0.127. The Balaban J connectivity index is 1.57. The molecule has 0 atom stereocenters. The van der Waals surface area contributed by atoms with Gasteiger partial charge in [0.15, 0.2) is 0 Å². The van der Waals surface area contributed by atoms with Gasteiger partial charge in [0.2, 0.25) is 11.1 Å². The lowest BCUT2D eigenvalue weighted by Crippen LogP contribution is -2.15. The van der Waals surface area contributed by atoms with E-state index in [1.165, 1.54) is 30.2 Å². The molecule has 8 heteroatoms. The number of unbranched alkanes of at least 4 members (excludes halogenated alkanes) is 1. The minimum absolute atomic E-state index is 0.0999. The average Bonchev–Trinajstić information content (AvgIpc) is 3.20.